The van der Waals surface area contributed by atoms with E-state index >= 15 is 0 Å². The van der Waals surface area contributed by atoms with E-state index in [1.807, 2.05) is 13.0 Å². The quantitative estimate of drug-likeness (QED) is 0.811. The molecule has 0 spiro atoms. The molecule has 0 fully saturated rings. The molecule has 0 saturated heterocycles. The fourth-order valence-electron chi connectivity index (χ4n) is 1.02. The first-order chi connectivity index (χ1) is 6.65. The highest BCUT2D eigenvalue weighted by molar-refractivity contribution is 9.10. The second-order valence-corrected chi connectivity index (χ2v) is 3.81. The molecule has 0 radical (unpaired) electrons. The Morgan fingerprint density at radius 1 is 1.64 bits per heavy atom. The van der Waals surface area contributed by atoms with Crippen LogP contribution in [-0.4, -0.2) is 11.1 Å². The summed E-state index contributed by atoms with van der Waals surface area (Å²) in [6, 6.07) is 5.40. The van der Waals surface area contributed by atoms with Crippen molar-refractivity contribution in [3.63, 3.8) is 0 Å². The summed E-state index contributed by atoms with van der Waals surface area (Å²) in [4.78, 5) is 0. The standard InChI is InChI=1S/C11H12BrNO/c1-3-8(2)13-7-9-5-4-6-10(14)11(9)12/h1,4-6,8,13-14H,7H2,2H3. The summed E-state index contributed by atoms with van der Waals surface area (Å²) >= 11 is 3.31. The Morgan fingerprint density at radius 2 is 2.36 bits per heavy atom. The molecular weight excluding hydrogens is 242 g/mol. The number of rotatable bonds is 3. The lowest BCUT2D eigenvalue weighted by Crippen LogP contribution is -2.23. The Balaban J connectivity index is 2.69. The predicted molar refractivity (Wildman–Crippen MR) is 60.9 cm³/mol. The molecule has 74 valence electrons. The summed E-state index contributed by atoms with van der Waals surface area (Å²) in [5.41, 5.74) is 0.993. The molecule has 0 heterocycles. The van der Waals surface area contributed by atoms with E-state index in [4.69, 9.17) is 6.42 Å². The summed E-state index contributed by atoms with van der Waals surface area (Å²) < 4.78 is 0.719. The van der Waals surface area contributed by atoms with Crippen molar-refractivity contribution in [2.24, 2.45) is 0 Å². The van der Waals surface area contributed by atoms with Crippen molar-refractivity contribution in [1.82, 2.24) is 5.32 Å². The minimum Gasteiger partial charge on any atom is -0.507 e. The van der Waals surface area contributed by atoms with Crippen LogP contribution in [0.2, 0.25) is 0 Å². The number of phenols is 1. The van der Waals surface area contributed by atoms with Crippen molar-refractivity contribution in [3.05, 3.63) is 28.2 Å². The molecular formula is C11H12BrNO. The molecule has 0 aliphatic rings. The molecule has 1 aromatic carbocycles. The van der Waals surface area contributed by atoms with Crippen LogP contribution >= 0.6 is 15.9 Å². The van der Waals surface area contributed by atoms with E-state index in [9.17, 15) is 5.11 Å². The van der Waals surface area contributed by atoms with E-state index in [0.29, 0.717) is 6.54 Å². The number of benzene rings is 1. The lowest BCUT2D eigenvalue weighted by molar-refractivity contribution is 0.470. The molecule has 1 aromatic rings. The highest BCUT2D eigenvalue weighted by Gasteiger charge is 2.04. The van der Waals surface area contributed by atoms with E-state index in [2.05, 4.69) is 27.2 Å². The Kier molecular flexibility index (Phi) is 3.99. The third-order valence-corrected chi connectivity index (χ3v) is 2.82. The van der Waals surface area contributed by atoms with Crippen molar-refractivity contribution in [1.29, 1.82) is 0 Å². The Labute approximate surface area is 92.5 Å². The largest absolute Gasteiger partial charge is 0.507 e. The molecule has 1 unspecified atom stereocenters. The monoisotopic (exact) mass is 253 g/mol. The highest BCUT2D eigenvalue weighted by atomic mass is 79.9. The van der Waals surface area contributed by atoms with Gasteiger partial charge in [-0.15, -0.1) is 6.42 Å². The van der Waals surface area contributed by atoms with E-state index < -0.39 is 0 Å². The SMILES string of the molecule is C#CC(C)NCc1cccc(O)c1Br. The minimum absolute atomic E-state index is 0.0317. The molecule has 0 saturated carbocycles. The van der Waals surface area contributed by atoms with Gasteiger partial charge in [-0.2, -0.15) is 0 Å². The number of nitrogens with one attached hydrogen (secondary N) is 1. The van der Waals surface area contributed by atoms with Crippen molar-refractivity contribution in [3.8, 4) is 18.1 Å². The average molecular weight is 254 g/mol. The Hall–Kier alpha value is -0.980. The Morgan fingerprint density at radius 3 is 3.00 bits per heavy atom. The first-order valence-corrected chi connectivity index (χ1v) is 5.10. The van der Waals surface area contributed by atoms with Gasteiger partial charge in [-0.25, -0.2) is 0 Å². The van der Waals surface area contributed by atoms with Gasteiger partial charge >= 0.3 is 0 Å². The smallest absolute Gasteiger partial charge is 0.130 e. The summed E-state index contributed by atoms with van der Waals surface area (Å²) in [7, 11) is 0. The maximum Gasteiger partial charge on any atom is 0.130 e. The lowest BCUT2D eigenvalue weighted by Gasteiger charge is -2.09. The molecule has 0 amide bonds. The van der Waals surface area contributed by atoms with Crippen LogP contribution in [0.3, 0.4) is 0 Å². The lowest BCUT2D eigenvalue weighted by atomic mass is 10.2. The van der Waals surface area contributed by atoms with Crippen molar-refractivity contribution in [2.75, 3.05) is 0 Å². The molecule has 0 aromatic heterocycles. The second kappa shape index (κ2) is 5.04. The van der Waals surface area contributed by atoms with Gasteiger partial charge in [0.05, 0.1) is 10.5 Å². The van der Waals surface area contributed by atoms with Crippen molar-refractivity contribution >= 4 is 15.9 Å². The number of hydrogen-bond donors (Lipinski definition) is 2. The number of aromatic hydroxyl groups is 1. The fraction of sp³-hybridized carbons (Fsp3) is 0.273. The molecule has 0 bridgehead atoms. The Bertz CT molecular complexity index is 357. The van der Waals surface area contributed by atoms with Crippen molar-refractivity contribution < 1.29 is 5.11 Å². The van der Waals surface area contributed by atoms with E-state index in [-0.39, 0.29) is 11.8 Å². The third-order valence-electron chi connectivity index (χ3n) is 1.91. The summed E-state index contributed by atoms with van der Waals surface area (Å²) in [6.07, 6.45) is 5.23. The van der Waals surface area contributed by atoms with Gasteiger partial charge in [0.15, 0.2) is 0 Å². The van der Waals surface area contributed by atoms with Crippen LogP contribution < -0.4 is 5.32 Å². The summed E-state index contributed by atoms with van der Waals surface area (Å²) in [5, 5.41) is 12.5. The number of halogens is 1. The summed E-state index contributed by atoms with van der Waals surface area (Å²) in [6.45, 7) is 2.55. The van der Waals surface area contributed by atoms with Gasteiger partial charge in [-0.1, -0.05) is 18.1 Å². The highest BCUT2D eigenvalue weighted by Crippen LogP contribution is 2.26. The van der Waals surface area contributed by atoms with Crippen LogP contribution in [-0.2, 0) is 6.54 Å². The molecule has 14 heavy (non-hydrogen) atoms. The number of phenolic OH excluding ortho intramolecular Hbond substituents is 1. The molecule has 1 atom stereocenters. The van der Waals surface area contributed by atoms with Crippen LogP contribution in [0.4, 0.5) is 0 Å². The van der Waals surface area contributed by atoms with Gasteiger partial charge in [0.25, 0.3) is 0 Å². The van der Waals surface area contributed by atoms with Crippen LogP contribution in [0.1, 0.15) is 12.5 Å². The first-order valence-electron chi connectivity index (χ1n) is 4.31. The normalized spacial score (nSPS) is 12.1. The van der Waals surface area contributed by atoms with Crippen LogP contribution in [0.15, 0.2) is 22.7 Å². The van der Waals surface area contributed by atoms with Crippen LogP contribution in [0, 0.1) is 12.3 Å². The summed E-state index contributed by atoms with van der Waals surface area (Å²) in [5.74, 6) is 2.83. The number of terminal acetylenes is 1. The van der Waals surface area contributed by atoms with Crippen LogP contribution in [0.5, 0.6) is 5.75 Å². The fourth-order valence-corrected chi connectivity index (χ4v) is 1.43. The molecule has 1 rings (SSSR count). The van der Waals surface area contributed by atoms with E-state index in [0.717, 1.165) is 10.0 Å². The second-order valence-electron chi connectivity index (χ2n) is 3.02. The van der Waals surface area contributed by atoms with E-state index in [1.165, 1.54) is 0 Å². The van der Waals surface area contributed by atoms with Gasteiger partial charge in [0, 0.05) is 6.54 Å². The topological polar surface area (TPSA) is 32.3 Å². The maximum atomic E-state index is 9.41. The van der Waals surface area contributed by atoms with Gasteiger partial charge in [0.2, 0.25) is 0 Å². The maximum absolute atomic E-state index is 9.41. The zero-order valence-electron chi connectivity index (χ0n) is 7.92. The minimum atomic E-state index is 0.0317. The molecule has 3 heteroatoms. The predicted octanol–water partition coefficient (Wildman–Crippen LogP) is 2.27. The average Bonchev–Trinajstić information content (AvgIpc) is 2.20. The molecule has 0 aliphatic carbocycles. The van der Waals surface area contributed by atoms with Gasteiger partial charge < -0.3 is 5.11 Å². The third kappa shape index (κ3) is 2.76. The van der Waals surface area contributed by atoms with Gasteiger partial charge in [-0.05, 0) is 34.5 Å². The van der Waals surface area contributed by atoms with Gasteiger partial charge in [-0.3, -0.25) is 5.32 Å². The first kappa shape index (κ1) is 11.1. The van der Waals surface area contributed by atoms with Crippen molar-refractivity contribution in [2.45, 2.75) is 19.5 Å². The van der Waals surface area contributed by atoms with E-state index in [1.54, 1.807) is 12.1 Å². The zero-order valence-corrected chi connectivity index (χ0v) is 9.51. The zero-order chi connectivity index (χ0) is 10.6. The van der Waals surface area contributed by atoms with Gasteiger partial charge in [0.1, 0.15) is 5.75 Å². The van der Waals surface area contributed by atoms with Crippen LogP contribution in [0.25, 0.3) is 0 Å². The molecule has 2 nitrogen and oxygen atoms in total. The number of hydrogen-bond acceptors (Lipinski definition) is 2. The molecule has 2 N–H and O–H groups in total. The molecule has 0 aliphatic heterocycles.